The maximum atomic E-state index is 13.0. The summed E-state index contributed by atoms with van der Waals surface area (Å²) in [4.78, 5) is 23.7. The van der Waals surface area contributed by atoms with Crippen molar-refractivity contribution in [1.82, 2.24) is 5.32 Å². The standard InChI is InChI=1S/C17H15ClF3N3O2/c18-12-4-5-14(13(7-12)17(19,20)21)24-16(26)15(25)23-9-11-3-1-2-10(6-11)8-22/h1-7H,8-9,22H2,(H,23,25)(H,24,26). The van der Waals surface area contributed by atoms with Crippen molar-refractivity contribution in [2.24, 2.45) is 5.73 Å². The normalized spacial score (nSPS) is 11.1. The monoisotopic (exact) mass is 385 g/mol. The van der Waals surface area contributed by atoms with Crippen molar-refractivity contribution in [3.05, 3.63) is 64.2 Å². The summed E-state index contributed by atoms with van der Waals surface area (Å²) >= 11 is 5.56. The number of hydrogen-bond acceptors (Lipinski definition) is 3. The van der Waals surface area contributed by atoms with Gasteiger partial charge in [-0.1, -0.05) is 35.9 Å². The first kappa shape index (κ1) is 19.7. The molecule has 2 amide bonds. The van der Waals surface area contributed by atoms with Gasteiger partial charge in [0.05, 0.1) is 11.3 Å². The molecule has 0 saturated carbocycles. The second-order valence-electron chi connectivity index (χ2n) is 5.35. The number of carbonyl (C=O) groups is 2. The van der Waals surface area contributed by atoms with Gasteiger partial charge in [-0.3, -0.25) is 9.59 Å². The highest BCUT2D eigenvalue weighted by atomic mass is 35.5. The van der Waals surface area contributed by atoms with Gasteiger partial charge in [-0.2, -0.15) is 13.2 Å². The Bertz CT molecular complexity index is 825. The Hall–Kier alpha value is -2.58. The van der Waals surface area contributed by atoms with E-state index in [2.05, 4.69) is 5.32 Å². The molecule has 0 atom stereocenters. The number of benzene rings is 2. The fraction of sp³-hybridized carbons (Fsp3) is 0.176. The average Bonchev–Trinajstić information content (AvgIpc) is 2.60. The molecule has 0 fully saturated rings. The first-order valence-electron chi connectivity index (χ1n) is 7.44. The van der Waals surface area contributed by atoms with Crippen LogP contribution in [-0.4, -0.2) is 11.8 Å². The van der Waals surface area contributed by atoms with Gasteiger partial charge in [-0.05, 0) is 29.3 Å². The van der Waals surface area contributed by atoms with Crippen molar-refractivity contribution in [3.63, 3.8) is 0 Å². The van der Waals surface area contributed by atoms with Crippen molar-refractivity contribution < 1.29 is 22.8 Å². The Kier molecular flexibility index (Phi) is 6.23. The minimum atomic E-state index is -4.73. The number of amides is 2. The van der Waals surface area contributed by atoms with E-state index in [4.69, 9.17) is 17.3 Å². The molecular weight excluding hydrogens is 371 g/mol. The minimum Gasteiger partial charge on any atom is -0.344 e. The zero-order chi connectivity index (χ0) is 19.3. The van der Waals surface area contributed by atoms with Crippen molar-refractivity contribution in [1.29, 1.82) is 0 Å². The lowest BCUT2D eigenvalue weighted by atomic mass is 10.1. The van der Waals surface area contributed by atoms with Crippen molar-refractivity contribution in [2.75, 3.05) is 5.32 Å². The van der Waals surface area contributed by atoms with Gasteiger partial charge >= 0.3 is 18.0 Å². The van der Waals surface area contributed by atoms with Crippen LogP contribution in [0.25, 0.3) is 0 Å². The molecule has 0 radical (unpaired) electrons. The molecule has 0 saturated heterocycles. The largest absolute Gasteiger partial charge is 0.418 e. The van der Waals surface area contributed by atoms with Gasteiger partial charge in [0.2, 0.25) is 0 Å². The van der Waals surface area contributed by atoms with Crippen LogP contribution in [0, 0.1) is 0 Å². The molecular formula is C17H15ClF3N3O2. The van der Waals surface area contributed by atoms with Crippen LogP contribution in [-0.2, 0) is 28.9 Å². The summed E-state index contributed by atoms with van der Waals surface area (Å²) in [5.74, 6) is -2.28. The fourth-order valence-corrected chi connectivity index (χ4v) is 2.34. The molecule has 0 aliphatic heterocycles. The van der Waals surface area contributed by atoms with Gasteiger partial charge in [0.1, 0.15) is 0 Å². The van der Waals surface area contributed by atoms with Crippen LogP contribution in [0.3, 0.4) is 0 Å². The summed E-state index contributed by atoms with van der Waals surface area (Å²) in [6, 6.07) is 9.86. The number of rotatable bonds is 4. The molecule has 4 N–H and O–H groups in total. The Morgan fingerprint density at radius 2 is 1.73 bits per heavy atom. The molecule has 9 heteroatoms. The lowest BCUT2D eigenvalue weighted by molar-refractivity contribution is -0.138. The van der Waals surface area contributed by atoms with Crippen LogP contribution in [0.1, 0.15) is 16.7 Å². The number of carbonyl (C=O) groups excluding carboxylic acids is 2. The van der Waals surface area contributed by atoms with Gasteiger partial charge in [0.15, 0.2) is 0 Å². The van der Waals surface area contributed by atoms with E-state index in [-0.39, 0.29) is 11.6 Å². The third kappa shape index (κ3) is 5.21. The molecule has 0 heterocycles. The third-order valence-corrected chi connectivity index (χ3v) is 3.66. The maximum absolute atomic E-state index is 13.0. The summed E-state index contributed by atoms with van der Waals surface area (Å²) in [5.41, 5.74) is 5.38. The smallest absolute Gasteiger partial charge is 0.344 e. The van der Waals surface area contributed by atoms with E-state index in [1.54, 1.807) is 24.3 Å². The molecule has 0 aliphatic carbocycles. The van der Waals surface area contributed by atoms with Crippen LogP contribution in [0.2, 0.25) is 5.02 Å². The Labute approximate surface area is 152 Å². The van der Waals surface area contributed by atoms with Gasteiger partial charge < -0.3 is 16.4 Å². The summed E-state index contributed by atoms with van der Waals surface area (Å²) < 4.78 is 39.0. The second-order valence-corrected chi connectivity index (χ2v) is 5.78. The Balaban J connectivity index is 2.04. The molecule has 138 valence electrons. The topological polar surface area (TPSA) is 84.2 Å². The highest BCUT2D eigenvalue weighted by molar-refractivity contribution is 6.39. The van der Waals surface area contributed by atoms with E-state index in [0.717, 1.165) is 11.6 Å². The fourth-order valence-electron chi connectivity index (χ4n) is 2.17. The second kappa shape index (κ2) is 8.20. The molecule has 5 nitrogen and oxygen atoms in total. The number of nitrogens with one attached hydrogen (secondary N) is 2. The SMILES string of the molecule is NCc1cccc(CNC(=O)C(=O)Nc2ccc(Cl)cc2C(F)(F)F)c1. The number of hydrogen-bond donors (Lipinski definition) is 3. The molecule has 26 heavy (non-hydrogen) atoms. The summed E-state index contributed by atoms with van der Waals surface area (Å²) in [6.07, 6.45) is -4.73. The number of alkyl halides is 3. The van der Waals surface area contributed by atoms with Crippen LogP contribution >= 0.6 is 11.6 Å². The van der Waals surface area contributed by atoms with Gasteiger partial charge in [0.25, 0.3) is 0 Å². The van der Waals surface area contributed by atoms with E-state index < -0.39 is 29.2 Å². The predicted octanol–water partition coefficient (Wildman–Crippen LogP) is 3.07. The highest BCUT2D eigenvalue weighted by Gasteiger charge is 2.34. The number of halogens is 4. The minimum absolute atomic E-state index is 0.0346. The van der Waals surface area contributed by atoms with Crippen LogP contribution in [0.15, 0.2) is 42.5 Å². The van der Waals surface area contributed by atoms with E-state index in [9.17, 15) is 22.8 Å². The molecule has 0 bridgehead atoms. The lowest BCUT2D eigenvalue weighted by Crippen LogP contribution is -2.35. The first-order valence-corrected chi connectivity index (χ1v) is 7.82. The van der Waals surface area contributed by atoms with E-state index >= 15 is 0 Å². The maximum Gasteiger partial charge on any atom is 0.418 e. The lowest BCUT2D eigenvalue weighted by Gasteiger charge is -2.14. The van der Waals surface area contributed by atoms with Crippen LogP contribution < -0.4 is 16.4 Å². The Morgan fingerprint density at radius 1 is 1.04 bits per heavy atom. The third-order valence-electron chi connectivity index (χ3n) is 3.42. The van der Waals surface area contributed by atoms with Crippen LogP contribution in [0.4, 0.5) is 18.9 Å². The number of anilines is 1. The molecule has 2 aromatic carbocycles. The average molecular weight is 386 g/mol. The first-order chi connectivity index (χ1) is 12.2. The highest BCUT2D eigenvalue weighted by Crippen LogP contribution is 2.36. The summed E-state index contributed by atoms with van der Waals surface area (Å²) in [7, 11) is 0. The molecule has 0 aliphatic rings. The van der Waals surface area contributed by atoms with Gasteiger partial charge in [-0.25, -0.2) is 0 Å². The van der Waals surface area contributed by atoms with E-state index in [1.165, 1.54) is 6.07 Å². The van der Waals surface area contributed by atoms with Gasteiger partial charge in [0, 0.05) is 18.1 Å². The van der Waals surface area contributed by atoms with Gasteiger partial charge in [-0.15, -0.1) is 0 Å². The Morgan fingerprint density at radius 3 is 2.38 bits per heavy atom. The van der Waals surface area contributed by atoms with Crippen molar-refractivity contribution >= 4 is 29.1 Å². The molecule has 2 aromatic rings. The summed E-state index contributed by atoms with van der Waals surface area (Å²) in [6.45, 7) is 0.353. The zero-order valence-corrected chi connectivity index (χ0v) is 14.1. The quantitative estimate of drug-likeness (QED) is 0.707. The molecule has 2 rings (SSSR count). The van der Waals surface area contributed by atoms with E-state index in [0.29, 0.717) is 18.2 Å². The predicted molar refractivity (Wildman–Crippen MR) is 91.3 cm³/mol. The molecule has 0 unspecified atom stereocenters. The van der Waals surface area contributed by atoms with Crippen molar-refractivity contribution in [2.45, 2.75) is 19.3 Å². The van der Waals surface area contributed by atoms with Crippen molar-refractivity contribution in [3.8, 4) is 0 Å². The number of nitrogens with two attached hydrogens (primary N) is 1. The molecule has 0 spiro atoms. The van der Waals surface area contributed by atoms with E-state index in [1.807, 2.05) is 5.32 Å². The molecule has 0 aromatic heterocycles. The zero-order valence-electron chi connectivity index (χ0n) is 13.4. The summed E-state index contributed by atoms with van der Waals surface area (Å²) in [5, 5.41) is 4.15. The van der Waals surface area contributed by atoms with Crippen LogP contribution in [0.5, 0.6) is 0 Å².